The second-order valence-electron chi connectivity index (χ2n) is 7.02. The highest BCUT2D eigenvalue weighted by Gasteiger charge is 2.10. The van der Waals surface area contributed by atoms with Gasteiger partial charge in [-0.15, -0.1) is 0 Å². The minimum atomic E-state index is -0.396. The number of anilines is 1. The molecule has 4 rings (SSSR count). The Balaban J connectivity index is 1.33. The summed E-state index contributed by atoms with van der Waals surface area (Å²) >= 11 is 0. The number of hydrogen-bond donors (Lipinski definition) is 2. The average molecular weight is 442 g/mol. The number of aromatic nitrogens is 2. The van der Waals surface area contributed by atoms with E-state index in [4.69, 9.17) is 4.74 Å². The summed E-state index contributed by atoms with van der Waals surface area (Å²) in [6, 6.07) is 19.1. The number of ether oxygens (including phenoxy) is 1. The highest BCUT2D eigenvalue weighted by molar-refractivity contribution is 6.04. The van der Waals surface area contributed by atoms with Gasteiger partial charge in [0.15, 0.2) is 0 Å². The van der Waals surface area contributed by atoms with Gasteiger partial charge in [0.05, 0.1) is 5.56 Å². The Hall–Kier alpha value is -4.59. The van der Waals surface area contributed by atoms with E-state index in [1.54, 1.807) is 73.1 Å². The van der Waals surface area contributed by atoms with E-state index < -0.39 is 5.82 Å². The molecule has 0 saturated heterocycles. The van der Waals surface area contributed by atoms with Crippen LogP contribution in [-0.2, 0) is 6.54 Å². The molecule has 8 heteroatoms. The zero-order valence-corrected chi connectivity index (χ0v) is 17.4. The Morgan fingerprint density at radius 2 is 1.73 bits per heavy atom. The van der Waals surface area contributed by atoms with Gasteiger partial charge in [-0.2, -0.15) is 0 Å². The maximum Gasteiger partial charge on any atom is 0.257 e. The summed E-state index contributed by atoms with van der Waals surface area (Å²) in [5.74, 6) is -0.348. The van der Waals surface area contributed by atoms with Crippen LogP contribution in [0.25, 0.3) is 0 Å². The van der Waals surface area contributed by atoms with Crippen molar-refractivity contribution in [1.29, 1.82) is 0 Å². The van der Waals surface area contributed by atoms with Crippen LogP contribution in [0.5, 0.6) is 11.6 Å². The standard InChI is InChI=1S/C25H19FN4O3/c26-20-6-2-8-22(13-20)33-23-10-9-17(14-28-23)15-29-24(31)18-4-1-7-21(12-18)30-25(32)19-5-3-11-27-16-19/h1-14,16H,15H2,(H,29,31)(H,30,32). The largest absolute Gasteiger partial charge is 0.439 e. The van der Waals surface area contributed by atoms with Gasteiger partial charge in [0.25, 0.3) is 11.8 Å². The molecular weight excluding hydrogens is 423 g/mol. The van der Waals surface area contributed by atoms with E-state index in [1.807, 2.05) is 0 Å². The van der Waals surface area contributed by atoms with E-state index in [1.165, 1.54) is 18.3 Å². The quantitative estimate of drug-likeness (QED) is 0.437. The lowest BCUT2D eigenvalue weighted by molar-refractivity contribution is 0.0949. The van der Waals surface area contributed by atoms with E-state index in [0.717, 1.165) is 5.56 Å². The fourth-order valence-electron chi connectivity index (χ4n) is 2.95. The Bertz CT molecular complexity index is 1260. The Morgan fingerprint density at radius 3 is 2.48 bits per heavy atom. The number of amides is 2. The third-order valence-corrected chi connectivity index (χ3v) is 4.58. The lowest BCUT2D eigenvalue weighted by atomic mass is 10.1. The van der Waals surface area contributed by atoms with Gasteiger partial charge in [-0.1, -0.05) is 18.2 Å². The molecule has 2 amide bonds. The van der Waals surface area contributed by atoms with Gasteiger partial charge in [-0.05, 0) is 48.0 Å². The van der Waals surface area contributed by atoms with Crippen LogP contribution in [0.2, 0.25) is 0 Å². The van der Waals surface area contributed by atoms with Gasteiger partial charge in [0.2, 0.25) is 5.88 Å². The number of halogens is 1. The van der Waals surface area contributed by atoms with Crippen LogP contribution in [-0.4, -0.2) is 21.8 Å². The molecule has 2 aromatic carbocycles. The van der Waals surface area contributed by atoms with Crippen LogP contribution >= 0.6 is 0 Å². The maximum absolute atomic E-state index is 13.3. The first-order valence-electron chi connectivity index (χ1n) is 10.0. The topological polar surface area (TPSA) is 93.2 Å². The fourth-order valence-corrected chi connectivity index (χ4v) is 2.95. The molecule has 164 valence electrons. The average Bonchev–Trinajstić information content (AvgIpc) is 2.84. The summed E-state index contributed by atoms with van der Waals surface area (Å²) < 4.78 is 18.8. The van der Waals surface area contributed by atoms with Crippen LogP contribution < -0.4 is 15.4 Å². The molecule has 2 aromatic heterocycles. The molecule has 0 radical (unpaired) electrons. The number of pyridine rings is 2. The van der Waals surface area contributed by atoms with Crippen LogP contribution in [0.1, 0.15) is 26.3 Å². The molecule has 0 fully saturated rings. The van der Waals surface area contributed by atoms with E-state index in [-0.39, 0.29) is 18.4 Å². The van der Waals surface area contributed by atoms with Crippen LogP contribution in [0.4, 0.5) is 10.1 Å². The fraction of sp³-hybridized carbons (Fsp3) is 0.0400. The molecule has 2 heterocycles. The van der Waals surface area contributed by atoms with Crippen molar-refractivity contribution in [3.05, 3.63) is 114 Å². The van der Waals surface area contributed by atoms with Gasteiger partial charge < -0.3 is 15.4 Å². The van der Waals surface area contributed by atoms with Crippen molar-refractivity contribution in [2.45, 2.75) is 6.54 Å². The van der Waals surface area contributed by atoms with Crippen molar-refractivity contribution >= 4 is 17.5 Å². The SMILES string of the molecule is O=C(NCc1ccc(Oc2cccc(F)c2)nc1)c1cccc(NC(=O)c2cccnc2)c1. The third kappa shape index (κ3) is 5.98. The summed E-state index contributed by atoms with van der Waals surface area (Å²) in [5.41, 5.74) is 2.08. The molecule has 0 spiro atoms. The predicted octanol–water partition coefficient (Wildman–Crippen LogP) is 4.59. The zero-order valence-electron chi connectivity index (χ0n) is 17.4. The molecular formula is C25H19FN4O3. The van der Waals surface area contributed by atoms with Gasteiger partial charge in [-0.25, -0.2) is 9.37 Å². The zero-order chi connectivity index (χ0) is 23.0. The van der Waals surface area contributed by atoms with Crippen molar-refractivity contribution < 1.29 is 18.7 Å². The first-order valence-corrected chi connectivity index (χ1v) is 10.0. The summed E-state index contributed by atoms with van der Waals surface area (Å²) in [4.78, 5) is 32.9. The monoisotopic (exact) mass is 442 g/mol. The number of hydrogen-bond acceptors (Lipinski definition) is 5. The minimum absolute atomic E-state index is 0.248. The molecule has 0 unspecified atom stereocenters. The minimum Gasteiger partial charge on any atom is -0.439 e. The second-order valence-corrected chi connectivity index (χ2v) is 7.02. The maximum atomic E-state index is 13.3. The van der Waals surface area contributed by atoms with Crippen molar-refractivity contribution in [3.63, 3.8) is 0 Å². The molecule has 7 nitrogen and oxygen atoms in total. The van der Waals surface area contributed by atoms with E-state index >= 15 is 0 Å². The van der Waals surface area contributed by atoms with Crippen molar-refractivity contribution in [1.82, 2.24) is 15.3 Å². The Kier molecular flexibility index (Phi) is 6.65. The molecule has 0 aliphatic carbocycles. The van der Waals surface area contributed by atoms with E-state index in [0.29, 0.717) is 28.4 Å². The van der Waals surface area contributed by atoms with E-state index in [9.17, 15) is 14.0 Å². The van der Waals surface area contributed by atoms with E-state index in [2.05, 4.69) is 20.6 Å². The third-order valence-electron chi connectivity index (χ3n) is 4.58. The van der Waals surface area contributed by atoms with Crippen LogP contribution in [0.3, 0.4) is 0 Å². The molecule has 0 saturated carbocycles. The number of carbonyl (C=O) groups excluding carboxylic acids is 2. The number of rotatable bonds is 7. The molecule has 2 N–H and O–H groups in total. The number of carbonyl (C=O) groups is 2. The Morgan fingerprint density at radius 1 is 0.879 bits per heavy atom. The Labute approximate surface area is 189 Å². The van der Waals surface area contributed by atoms with Gasteiger partial charge in [0, 0.05) is 48.5 Å². The lowest BCUT2D eigenvalue weighted by Gasteiger charge is -2.09. The van der Waals surface area contributed by atoms with Crippen LogP contribution in [0.15, 0.2) is 91.4 Å². The molecule has 0 aliphatic rings. The highest BCUT2D eigenvalue weighted by atomic mass is 19.1. The number of nitrogens with one attached hydrogen (secondary N) is 2. The van der Waals surface area contributed by atoms with Crippen LogP contribution in [0, 0.1) is 5.82 Å². The normalized spacial score (nSPS) is 10.3. The number of benzene rings is 2. The first kappa shape index (κ1) is 21.6. The highest BCUT2D eigenvalue weighted by Crippen LogP contribution is 2.20. The first-order chi connectivity index (χ1) is 16.1. The summed E-state index contributed by atoms with van der Waals surface area (Å²) in [6.45, 7) is 0.248. The molecule has 0 bridgehead atoms. The smallest absolute Gasteiger partial charge is 0.257 e. The molecule has 33 heavy (non-hydrogen) atoms. The van der Waals surface area contributed by atoms with Crippen molar-refractivity contribution in [2.75, 3.05) is 5.32 Å². The molecule has 4 aromatic rings. The second kappa shape index (κ2) is 10.1. The molecule has 0 atom stereocenters. The van der Waals surface area contributed by atoms with Gasteiger partial charge in [-0.3, -0.25) is 14.6 Å². The van der Waals surface area contributed by atoms with Crippen molar-refractivity contribution in [3.8, 4) is 11.6 Å². The lowest BCUT2D eigenvalue weighted by Crippen LogP contribution is -2.23. The molecule has 0 aliphatic heterocycles. The summed E-state index contributed by atoms with van der Waals surface area (Å²) in [7, 11) is 0. The van der Waals surface area contributed by atoms with Gasteiger partial charge in [0.1, 0.15) is 11.6 Å². The summed E-state index contributed by atoms with van der Waals surface area (Å²) in [6.07, 6.45) is 4.62. The van der Waals surface area contributed by atoms with Crippen molar-refractivity contribution in [2.24, 2.45) is 0 Å². The van der Waals surface area contributed by atoms with Gasteiger partial charge >= 0.3 is 0 Å². The number of nitrogens with zero attached hydrogens (tertiary/aromatic N) is 2. The summed E-state index contributed by atoms with van der Waals surface area (Å²) in [5, 5.41) is 5.56. The predicted molar refractivity (Wildman–Crippen MR) is 121 cm³/mol.